The minimum absolute atomic E-state index is 0.0116. The Morgan fingerprint density at radius 2 is 1.49 bits per heavy atom. The van der Waals surface area contributed by atoms with E-state index in [1.165, 1.54) is 14.0 Å². The summed E-state index contributed by atoms with van der Waals surface area (Å²) in [5.74, 6) is -2.21. The van der Waals surface area contributed by atoms with Gasteiger partial charge in [-0.25, -0.2) is 4.79 Å². The first-order valence-corrected chi connectivity index (χ1v) is 24.3. The number of benzene rings is 1. The van der Waals surface area contributed by atoms with E-state index in [0.29, 0.717) is 37.7 Å². The highest BCUT2D eigenvalue weighted by Gasteiger charge is 2.81. The van der Waals surface area contributed by atoms with Crippen molar-refractivity contribution in [2.75, 3.05) is 21.3 Å². The zero-order chi connectivity index (χ0) is 48.6. The van der Waals surface area contributed by atoms with Gasteiger partial charge < -0.3 is 78.0 Å². The second-order valence-corrected chi connectivity index (χ2v) is 21.3. The molecular weight excluding hydrogens is 873 g/mol. The van der Waals surface area contributed by atoms with E-state index in [1.54, 1.807) is 58.4 Å². The lowest BCUT2D eigenvalue weighted by Crippen LogP contribution is -2.78. The first kappa shape index (κ1) is 51.2. The molecule has 0 radical (unpaired) electrons. The Bertz CT molecular complexity index is 1940. The fraction of sp³-hybridized carbons (Fsp3) is 0.820. The van der Waals surface area contributed by atoms with Gasteiger partial charge in [-0.3, -0.25) is 0 Å². The van der Waals surface area contributed by atoms with Crippen molar-refractivity contribution < 1.29 is 82.8 Å². The second-order valence-electron chi connectivity index (χ2n) is 21.3. The number of carbonyl (C=O) groups excluding carboxylic acids is 1. The first-order valence-electron chi connectivity index (χ1n) is 24.3. The predicted octanol–water partition coefficient (Wildman–Crippen LogP) is 3.45. The third-order valence-corrected chi connectivity index (χ3v) is 17.7. The molecule has 67 heavy (non-hydrogen) atoms. The van der Waals surface area contributed by atoms with Crippen molar-refractivity contribution in [2.24, 2.45) is 16.7 Å². The third kappa shape index (κ3) is 8.36. The van der Waals surface area contributed by atoms with Crippen LogP contribution in [0.3, 0.4) is 0 Å². The Morgan fingerprint density at radius 1 is 0.806 bits per heavy atom. The molecule has 6 fully saturated rings. The van der Waals surface area contributed by atoms with Crippen LogP contribution in [0.4, 0.5) is 0 Å². The van der Waals surface area contributed by atoms with E-state index < -0.39 is 131 Å². The van der Waals surface area contributed by atoms with Gasteiger partial charge in [0.15, 0.2) is 18.4 Å². The van der Waals surface area contributed by atoms with Crippen LogP contribution < -0.4 is 0 Å². The minimum Gasteiger partial charge on any atom is -0.458 e. The maximum Gasteiger partial charge on any atom is 0.338 e. The number of methoxy groups -OCH3 is 3. The normalized spacial score (nSPS) is 50.3. The number of aliphatic hydroxyl groups is 6. The highest BCUT2D eigenvalue weighted by atomic mass is 16.8. The smallest absolute Gasteiger partial charge is 0.338 e. The topological polar surface area (TPSA) is 231 Å². The molecule has 17 heteroatoms. The van der Waals surface area contributed by atoms with Crippen LogP contribution in [-0.2, 0) is 47.4 Å². The summed E-state index contributed by atoms with van der Waals surface area (Å²) in [5, 5.41) is 70.6. The standard InChI is InChI=1S/C50H76O17/c1-26-38(52)42(60-10)39(53)44(62-26)65-40-27(2)61-37(23-33(40)58-8)64-41-28(3)66-46(6,25-34(41)59-9)67-32-17-18-45(5)31(22-32)16-19-49(56)35(45)24-36(63-43(54)30-14-12-11-13-15-30)47(7)48(55,29(4)51)20-21-50(47,49)57/h11-16,26-29,32-42,44,51-53,55-57H,17-25H2,1-10H3/t26?,27?,28?,29?,32-,33?,34?,35?,36+,37?,38?,39?,40?,41?,42?,44?,45-,46?,47+,48+,49-,50+/m0/s1. The SMILES string of the molecule is COC1CC(C)(O[C@H]2CC[C@@]3(C)C(=CC[C@]4(O)C3C[C@@H](OC(=O)c3ccccc3)[C@@]3(C)[C@]4(O)CC[C@@]3(O)C(C)O)C2)OC(C)C1OC1CC(OC)C(OC2OC(C)C(O)C(OC)C2O)C(C)O1. The lowest BCUT2D eigenvalue weighted by molar-refractivity contribution is -0.364. The molecule has 3 aliphatic heterocycles. The highest BCUT2D eigenvalue weighted by molar-refractivity contribution is 5.89. The summed E-state index contributed by atoms with van der Waals surface area (Å²) in [6.45, 7) is 12.6. The molecule has 378 valence electrons. The Labute approximate surface area is 394 Å². The van der Waals surface area contributed by atoms with Gasteiger partial charge in [-0.15, -0.1) is 0 Å². The molecule has 0 spiro atoms. The van der Waals surface area contributed by atoms with E-state index in [2.05, 4.69) is 6.92 Å². The number of aliphatic hydroxyl groups excluding tert-OH is 3. The molecule has 17 nitrogen and oxygen atoms in total. The van der Waals surface area contributed by atoms with Gasteiger partial charge in [0.25, 0.3) is 0 Å². The Hall–Kier alpha value is -2.17. The van der Waals surface area contributed by atoms with Crippen LogP contribution in [0.2, 0.25) is 0 Å². The van der Waals surface area contributed by atoms with Gasteiger partial charge in [0.05, 0.1) is 53.7 Å². The maximum atomic E-state index is 13.7. The zero-order valence-electron chi connectivity index (χ0n) is 40.7. The molecule has 0 amide bonds. The summed E-state index contributed by atoms with van der Waals surface area (Å²) in [6, 6.07) is 8.58. The van der Waals surface area contributed by atoms with Crippen LogP contribution in [0.15, 0.2) is 42.0 Å². The van der Waals surface area contributed by atoms with Crippen molar-refractivity contribution in [1.82, 2.24) is 0 Å². The highest BCUT2D eigenvalue weighted by Crippen LogP contribution is 2.71. The summed E-state index contributed by atoms with van der Waals surface area (Å²) in [7, 11) is 4.62. The molecule has 3 saturated carbocycles. The number of hydrogen-bond acceptors (Lipinski definition) is 17. The summed E-state index contributed by atoms with van der Waals surface area (Å²) >= 11 is 0. The van der Waals surface area contributed by atoms with E-state index >= 15 is 0 Å². The number of hydrogen-bond donors (Lipinski definition) is 6. The molecule has 22 atom stereocenters. The minimum atomic E-state index is -1.91. The van der Waals surface area contributed by atoms with Gasteiger partial charge >= 0.3 is 5.97 Å². The van der Waals surface area contributed by atoms with Gasteiger partial charge in [-0.05, 0) is 97.1 Å². The molecule has 0 bridgehead atoms. The quantitative estimate of drug-likeness (QED) is 0.130. The maximum absolute atomic E-state index is 13.7. The molecule has 4 aliphatic carbocycles. The Balaban J connectivity index is 0.941. The predicted molar refractivity (Wildman–Crippen MR) is 238 cm³/mol. The summed E-state index contributed by atoms with van der Waals surface area (Å²) in [6.07, 6.45) is -6.59. The molecule has 15 unspecified atom stereocenters. The summed E-state index contributed by atoms with van der Waals surface area (Å²) < 4.78 is 62.2. The lowest BCUT2D eigenvalue weighted by Gasteiger charge is -2.67. The zero-order valence-corrected chi connectivity index (χ0v) is 40.7. The van der Waals surface area contributed by atoms with E-state index in [0.717, 1.165) is 5.57 Å². The monoisotopic (exact) mass is 949 g/mol. The molecule has 0 aromatic heterocycles. The van der Waals surface area contributed by atoms with Gasteiger partial charge in [0.2, 0.25) is 0 Å². The van der Waals surface area contributed by atoms with Crippen molar-refractivity contribution in [2.45, 2.75) is 221 Å². The number of carbonyl (C=O) groups is 1. The fourth-order valence-electron chi connectivity index (χ4n) is 13.7. The number of rotatable bonds is 12. The van der Waals surface area contributed by atoms with Gasteiger partial charge in [-0.2, -0.15) is 0 Å². The fourth-order valence-corrected chi connectivity index (χ4v) is 13.7. The summed E-state index contributed by atoms with van der Waals surface area (Å²) in [4.78, 5) is 13.7. The average Bonchev–Trinajstić information content (AvgIpc) is 3.52. The van der Waals surface area contributed by atoms with Crippen LogP contribution in [0.25, 0.3) is 0 Å². The lowest BCUT2D eigenvalue weighted by atomic mass is 9.42. The molecule has 3 saturated heterocycles. The number of esters is 1. The van der Waals surface area contributed by atoms with Gasteiger partial charge in [0, 0.05) is 40.1 Å². The van der Waals surface area contributed by atoms with Crippen molar-refractivity contribution in [3.05, 3.63) is 47.5 Å². The van der Waals surface area contributed by atoms with Crippen LogP contribution in [0.1, 0.15) is 117 Å². The second kappa shape index (κ2) is 18.8. The van der Waals surface area contributed by atoms with Crippen molar-refractivity contribution in [3.8, 4) is 0 Å². The Kier molecular flexibility index (Phi) is 14.4. The summed E-state index contributed by atoms with van der Waals surface area (Å²) in [5.41, 5.74) is -6.28. The van der Waals surface area contributed by atoms with E-state index in [-0.39, 0.29) is 31.8 Å². The number of ether oxygens (including phenoxy) is 10. The molecule has 1 aromatic rings. The largest absolute Gasteiger partial charge is 0.458 e. The molecular formula is C50H76O17. The van der Waals surface area contributed by atoms with Crippen LogP contribution >= 0.6 is 0 Å². The average molecular weight is 949 g/mol. The number of fused-ring (bicyclic) bond motifs is 5. The van der Waals surface area contributed by atoms with Gasteiger partial charge in [0.1, 0.15) is 53.4 Å². The van der Waals surface area contributed by atoms with E-state index in [9.17, 15) is 35.4 Å². The van der Waals surface area contributed by atoms with Crippen LogP contribution in [-0.4, -0.2) is 172 Å². The molecule has 3 heterocycles. The van der Waals surface area contributed by atoms with Crippen LogP contribution in [0, 0.1) is 16.7 Å². The van der Waals surface area contributed by atoms with E-state index in [4.69, 9.17) is 47.4 Å². The van der Waals surface area contributed by atoms with Crippen LogP contribution in [0.5, 0.6) is 0 Å². The van der Waals surface area contributed by atoms with Crippen molar-refractivity contribution in [3.63, 3.8) is 0 Å². The Morgan fingerprint density at radius 3 is 2.15 bits per heavy atom. The molecule has 8 rings (SSSR count). The van der Waals surface area contributed by atoms with Crippen molar-refractivity contribution in [1.29, 1.82) is 0 Å². The van der Waals surface area contributed by atoms with E-state index in [1.807, 2.05) is 26.8 Å². The molecule has 1 aromatic carbocycles. The van der Waals surface area contributed by atoms with Crippen molar-refractivity contribution >= 4 is 5.97 Å². The molecule has 6 N–H and O–H groups in total. The first-order chi connectivity index (χ1) is 31.5. The van der Waals surface area contributed by atoms with Gasteiger partial charge in [-0.1, -0.05) is 43.7 Å². The molecule has 7 aliphatic rings. The third-order valence-electron chi connectivity index (χ3n) is 17.7.